The van der Waals surface area contributed by atoms with Gasteiger partial charge in [-0.05, 0) is 36.4 Å². The minimum absolute atomic E-state index is 0.0356. The lowest BCUT2D eigenvalue weighted by Crippen LogP contribution is -2.21. The molecule has 0 radical (unpaired) electrons. The third kappa shape index (κ3) is 4.75. The second-order valence-electron chi connectivity index (χ2n) is 7.02. The van der Waals surface area contributed by atoms with Gasteiger partial charge in [0.1, 0.15) is 24.7 Å². The van der Waals surface area contributed by atoms with Crippen LogP contribution in [0.25, 0.3) is 11.0 Å². The van der Waals surface area contributed by atoms with E-state index >= 15 is 0 Å². The van der Waals surface area contributed by atoms with Crippen LogP contribution in [0, 0.1) is 0 Å². The van der Waals surface area contributed by atoms with Gasteiger partial charge in [-0.3, -0.25) is 4.79 Å². The van der Waals surface area contributed by atoms with Gasteiger partial charge in [-0.15, -0.1) is 0 Å². The molecule has 4 rings (SSSR count). The van der Waals surface area contributed by atoms with E-state index in [2.05, 4.69) is 10.3 Å². The minimum atomic E-state index is -3.48. The Hall–Kier alpha value is -3.65. The molecule has 7 nitrogen and oxygen atoms in total. The third-order valence-corrected chi connectivity index (χ3v) is 5.86. The number of ether oxygens (including phenoxy) is 1. The van der Waals surface area contributed by atoms with Gasteiger partial charge in [-0.2, -0.15) is 0 Å². The average Bonchev–Trinajstić information content (AvgIpc) is 3.10. The highest BCUT2D eigenvalue weighted by Gasteiger charge is 2.17. The fourth-order valence-electron chi connectivity index (χ4n) is 3.30. The molecule has 0 spiro atoms. The van der Waals surface area contributed by atoms with E-state index in [0.717, 1.165) is 17.3 Å². The van der Waals surface area contributed by atoms with E-state index in [1.807, 2.05) is 54.6 Å². The molecule has 31 heavy (non-hydrogen) atoms. The summed E-state index contributed by atoms with van der Waals surface area (Å²) < 4.78 is 31.6. The summed E-state index contributed by atoms with van der Waals surface area (Å²) in [6, 6.07) is 23.2. The molecule has 0 fully saturated rings. The SMILES string of the molecule is CS(=O)(=O)c1ccccc1NC(=O)Cn1c(COc2ccccc2)nc2ccccc21. The van der Waals surface area contributed by atoms with Gasteiger partial charge in [0, 0.05) is 6.26 Å². The molecule has 1 N–H and O–H groups in total. The van der Waals surface area contributed by atoms with Crippen molar-refractivity contribution in [3.8, 4) is 5.75 Å². The maximum atomic E-state index is 12.8. The molecule has 0 atom stereocenters. The predicted octanol–water partition coefficient (Wildman–Crippen LogP) is 3.66. The highest BCUT2D eigenvalue weighted by molar-refractivity contribution is 7.90. The summed E-state index contributed by atoms with van der Waals surface area (Å²) in [5, 5.41) is 2.71. The first kappa shape index (κ1) is 20.6. The standard InChI is InChI=1S/C23H21N3O4S/c1-31(28,29)21-14-8-6-12-19(21)25-23(27)15-26-20-13-7-5-11-18(20)24-22(26)16-30-17-9-3-2-4-10-17/h2-14H,15-16H2,1H3,(H,25,27). The largest absolute Gasteiger partial charge is 0.486 e. The number of hydrogen-bond acceptors (Lipinski definition) is 5. The summed E-state index contributed by atoms with van der Waals surface area (Å²) in [4.78, 5) is 17.5. The van der Waals surface area contributed by atoms with Gasteiger partial charge >= 0.3 is 0 Å². The molecular formula is C23H21N3O4S. The Kier molecular flexibility index (Phi) is 5.73. The molecule has 0 aliphatic rings. The van der Waals surface area contributed by atoms with Crippen molar-refractivity contribution in [1.82, 2.24) is 9.55 Å². The van der Waals surface area contributed by atoms with Gasteiger partial charge in [0.15, 0.2) is 9.84 Å². The summed E-state index contributed by atoms with van der Waals surface area (Å²) in [5.74, 6) is 0.935. The molecule has 0 unspecified atom stereocenters. The van der Waals surface area contributed by atoms with Crippen molar-refractivity contribution in [3.63, 3.8) is 0 Å². The molecule has 8 heteroatoms. The lowest BCUT2D eigenvalue weighted by molar-refractivity contribution is -0.116. The summed E-state index contributed by atoms with van der Waals surface area (Å²) in [7, 11) is -3.48. The molecule has 0 bridgehead atoms. The van der Waals surface area contributed by atoms with Crippen LogP contribution in [0.15, 0.2) is 83.8 Å². The van der Waals surface area contributed by atoms with Crippen molar-refractivity contribution in [2.45, 2.75) is 18.0 Å². The van der Waals surface area contributed by atoms with Crippen molar-refractivity contribution in [2.75, 3.05) is 11.6 Å². The van der Waals surface area contributed by atoms with Crippen LogP contribution in [0.5, 0.6) is 5.75 Å². The van der Waals surface area contributed by atoms with Crippen LogP contribution in [0.4, 0.5) is 5.69 Å². The smallest absolute Gasteiger partial charge is 0.244 e. The highest BCUT2D eigenvalue weighted by atomic mass is 32.2. The van der Waals surface area contributed by atoms with Gasteiger partial charge < -0.3 is 14.6 Å². The number of carbonyl (C=O) groups excluding carboxylic acids is 1. The maximum Gasteiger partial charge on any atom is 0.244 e. The Bertz CT molecular complexity index is 1330. The number of nitrogens with one attached hydrogen (secondary N) is 1. The number of carbonyl (C=O) groups is 1. The normalized spacial score (nSPS) is 11.4. The van der Waals surface area contributed by atoms with E-state index in [-0.39, 0.29) is 29.6 Å². The van der Waals surface area contributed by atoms with Crippen LogP contribution in [0.3, 0.4) is 0 Å². The zero-order valence-electron chi connectivity index (χ0n) is 16.9. The number of para-hydroxylation sites is 4. The molecule has 0 saturated carbocycles. The molecule has 1 heterocycles. The van der Waals surface area contributed by atoms with Gasteiger partial charge in [0.05, 0.1) is 21.6 Å². The van der Waals surface area contributed by atoms with Crippen molar-refractivity contribution in [1.29, 1.82) is 0 Å². The number of sulfone groups is 1. The molecular weight excluding hydrogens is 414 g/mol. The monoisotopic (exact) mass is 435 g/mol. The molecule has 1 aromatic heterocycles. The Morgan fingerprint density at radius 3 is 2.42 bits per heavy atom. The van der Waals surface area contributed by atoms with E-state index in [1.54, 1.807) is 22.8 Å². The van der Waals surface area contributed by atoms with Gasteiger partial charge in [0.25, 0.3) is 0 Å². The summed E-state index contributed by atoms with van der Waals surface area (Å²) in [6.45, 7) is 0.151. The second kappa shape index (κ2) is 8.61. The first-order chi connectivity index (χ1) is 14.9. The lowest BCUT2D eigenvalue weighted by atomic mass is 10.3. The van der Waals surface area contributed by atoms with Crippen LogP contribution in [-0.2, 0) is 27.8 Å². The average molecular weight is 436 g/mol. The molecule has 0 aliphatic heterocycles. The number of benzene rings is 3. The lowest BCUT2D eigenvalue weighted by Gasteiger charge is -2.13. The van der Waals surface area contributed by atoms with Gasteiger partial charge in [-0.1, -0.05) is 42.5 Å². The van der Waals surface area contributed by atoms with Crippen molar-refractivity contribution < 1.29 is 17.9 Å². The quantitative estimate of drug-likeness (QED) is 0.478. The third-order valence-electron chi connectivity index (χ3n) is 4.71. The number of fused-ring (bicyclic) bond motifs is 1. The fourth-order valence-corrected chi connectivity index (χ4v) is 4.15. The van der Waals surface area contributed by atoms with Crippen LogP contribution < -0.4 is 10.1 Å². The van der Waals surface area contributed by atoms with Gasteiger partial charge in [-0.25, -0.2) is 13.4 Å². The summed E-state index contributed by atoms with van der Waals surface area (Å²) >= 11 is 0. The number of hydrogen-bond donors (Lipinski definition) is 1. The van der Waals surface area contributed by atoms with Crippen LogP contribution in [-0.4, -0.2) is 30.1 Å². The molecule has 4 aromatic rings. The van der Waals surface area contributed by atoms with Crippen molar-refractivity contribution in [3.05, 3.63) is 84.7 Å². The number of imidazole rings is 1. The number of nitrogens with zero attached hydrogens (tertiary/aromatic N) is 2. The zero-order valence-corrected chi connectivity index (χ0v) is 17.7. The summed E-state index contributed by atoms with van der Waals surface area (Å²) in [6.07, 6.45) is 1.11. The Balaban J connectivity index is 1.60. The fraction of sp³-hybridized carbons (Fsp3) is 0.130. The van der Waals surface area contributed by atoms with E-state index < -0.39 is 9.84 Å². The Morgan fingerprint density at radius 1 is 0.968 bits per heavy atom. The zero-order chi connectivity index (χ0) is 21.8. The Morgan fingerprint density at radius 2 is 1.65 bits per heavy atom. The number of amides is 1. The predicted molar refractivity (Wildman–Crippen MR) is 119 cm³/mol. The summed E-state index contributed by atoms with van der Waals surface area (Å²) in [5.41, 5.74) is 1.79. The van der Waals surface area contributed by atoms with Gasteiger partial charge in [0.2, 0.25) is 5.91 Å². The molecule has 158 valence electrons. The molecule has 0 aliphatic carbocycles. The van der Waals surface area contributed by atoms with E-state index in [4.69, 9.17) is 4.74 Å². The van der Waals surface area contributed by atoms with Crippen LogP contribution in [0.1, 0.15) is 5.82 Å². The number of anilines is 1. The molecule has 1 amide bonds. The maximum absolute atomic E-state index is 12.8. The number of rotatable bonds is 7. The number of aromatic nitrogens is 2. The highest BCUT2D eigenvalue weighted by Crippen LogP contribution is 2.22. The van der Waals surface area contributed by atoms with E-state index in [1.165, 1.54) is 6.07 Å². The van der Waals surface area contributed by atoms with Crippen LogP contribution in [0.2, 0.25) is 0 Å². The van der Waals surface area contributed by atoms with Crippen molar-refractivity contribution in [2.24, 2.45) is 0 Å². The Labute approximate surface area is 180 Å². The topological polar surface area (TPSA) is 90.3 Å². The first-order valence-electron chi connectivity index (χ1n) is 9.63. The van der Waals surface area contributed by atoms with E-state index in [0.29, 0.717) is 11.6 Å². The second-order valence-corrected chi connectivity index (χ2v) is 9.01. The molecule has 3 aromatic carbocycles. The molecule has 0 saturated heterocycles. The first-order valence-corrected chi connectivity index (χ1v) is 11.5. The minimum Gasteiger partial charge on any atom is -0.486 e. The van der Waals surface area contributed by atoms with Crippen molar-refractivity contribution >= 4 is 32.5 Å². The van der Waals surface area contributed by atoms with E-state index in [9.17, 15) is 13.2 Å². The van der Waals surface area contributed by atoms with Crippen LogP contribution >= 0.6 is 0 Å².